The molecule has 26 heavy (non-hydrogen) atoms. The molecule has 0 spiro atoms. The fourth-order valence-electron chi connectivity index (χ4n) is 3.41. The summed E-state index contributed by atoms with van der Waals surface area (Å²) < 4.78 is 0. The fraction of sp³-hybridized carbons (Fsp3) is 0.500. The molecule has 2 saturated heterocycles. The van der Waals surface area contributed by atoms with E-state index in [1.807, 2.05) is 0 Å². The molecular formula is C18H21Cl2N3O3. The topological polar surface area (TPSA) is 69.7 Å². The van der Waals surface area contributed by atoms with E-state index in [1.165, 1.54) is 6.07 Å². The maximum atomic E-state index is 12.9. The molecule has 0 saturated carbocycles. The predicted molar refractivity (Wildman–Crippen MR) is 99.0 cm³/mol. The number of carbonyl (C=O) groups is 3. The van der Waals surface area contributed by atoms with E-state index in [4.69, 9.17) is 23.2 Å². The summed E-state index contributed by atoms with van der Waals surface area (Å²) in [5.41, 5.74) is -0.876. The molecule has 1 atom stereocenters. The summed E-state index contributed by atoms with van der Waals surface area (Å²) in [5.74, 6) is -0.122. The zero-order valence-corrected chi connectivity index (χ0v) is 16.2. The number of nitrogens with one attached hydrogen (secondary N) is 1. The van der Waals surface area contributed by atoms with Crippen molar-refractivity contribution >= 4 is 41.0 Å². The Bertz CT molecular complexity index is 762. The Hall–Kier alpha value is -1.79. The number of benzene rings is 1. The quantitative estimate of drug-likeness (QED) is 0.796. The fourth-order valence-corrected chi connectivity index (χ4v) is 4.01. The molecule has 3 rings (SSSR count). The normalized spacial score (nSPS) is 24.2. The third-order valence-electron chi connectivity index (χ3n) is 5.17. The van der Waals surface area contributed by atoms with E-state index >= 15 is 0 Å². The molecule has 1 aromatic carbocycles. The monoisotopic (exact) mass is 397 g/mol. The summed E-state index contributed by atoms with van der Waals surface area (Å²) in [4.78, 5) is 40.5. The Morgan fingerprint density at radius 1 is 1.27 bits per heavy atom. The maximum Gasteiger partial charge on any atom is 0.325 e. The van der Waals surface area contributed by atoms with Crippen molar-refractivity contribution in [2.24, 2.45) is 5.92 Å². The van der Waals surface area contributed by atoms with Gasteiger partial charge >= 0.3 is 6.03 Å². The molecule has 2 fully saturated rings. The van der Waals surface area contributed by atoms with Crippen molar-refractivity contribution in [1.82, 2.24) is 15.1 Å². The largest absolute Gasteiger partial charge is 0.341 e. The van der Waals surface area contributed by atoms with Crippen LogP contribution in [0.1, 0.15) is 32.3 Å². The average molecular weight is 398 g/mol. The first kappa shape index (κ1) is 19.0. The highest BCUT2D eigenvalue weighted by Gasteiger charge is 2.50. The summed E-state index contributed by atoms with van der Waals surface area (Å²) in [6.45, 7) is 4.78. The molecule has 0 unspecified atom stereocenters. The van der Waals surface area contributed by atoms with Crippen LogP contribution in [0.5, 0.6) is 0 Å². The van der Waals surface area contributed by atoms with Crippen molar-refractivity contribution in [3.8, 4) is 0 Å². The van der Waals surface area contributed by atoms with Crippen LogP contribution in [0.15, 0.2) is 18.2 Å². The van der Waals surface area contributed by atoms with Gasteiger partial charge in [0.25, 0.3) is 5.91 Å². The van der Waals surface area contributed by atoms with Gasteiger partial charge in [0.05, 0.1) is 0 Å². The van der Waals surface area contributed by atoms with Gasteiger partial charge in [-0.15, -0.1) is 0 Å². The second kappa shape index (κ2) is 7.08. The Balaban J connectivity index is 1.77. The second-order valence-corrected chi connectivity index (χ2v) is 7.98. The van der Waals surface area contributed by atoms with Crippen molar-refractivity contribution in [2.75, 3.05) is 19.6 Å². The van der Waals surface area contributed by atoms with Crippen molar-refractivity contribution < 1.29 is 14.4 Å². The van der Waals surface area contributed by atoms with E-state index in [0.717, 1.165) is 17.7 Å². The van der Waals surface area contributed by atoms with Crippen molar-refractivity contribution in [3.63, 3.8) is 0 Å². The molecule has 8 heteroatoms. The number of nitrogens with zero attached hydrogens (tertiary/aromatic N) is 2. The number of halogens is 2. The third-order valence-corrected chi connectivity index (χ3v) is 5.72. The lowest BCUT2D eigenvalue weighted by molar-refractivity contribution is -0.139. The summed E-state index contributed by atoms with van der Waals surface area (Å²) in [5, 5.41) is 3.38. The molecule has 1 N–H and O–H groups in total. The Kier molecular flexibility index (Phi) is 5.17. The van der Waals surface area contributed by atoms with Crippen LogP contribution in [0.3, 0.4) is 0 Å². The molecule has 1 aromatic rings. The van der Waals surface area contributed by atoms with Gasteiger partial charge in [-0.3, -0.25) is 14.5 Å². The van der Waals surface area contributed by atoms with Crippen molar-refractivity contribution in [2.45, 2.75) is 32.2 Å². The standard InChI is InChI=1S/C18H21Cl2N3O3/c1-11-5-7-22(8-6-11)15(24)10-23-16(25)18(2,21-17(23)26)13-4-3-12(19)9-14(13)20/h3-4,9,11H,5-8,10H2,1-2H3,(H,21,26)/t18-/m0/s1. The number of rotatable bonds is 3. The molecule has 0 aliphatic carbocycles. The molecular weight excluding hydrogens is 377 g/mol. The van der Waals surface area contributed by atoms with Gasteiger partial charge in [0.1, 0.15) is 12.1 Å². The highest BCUT2D eigenvalue weighted by atomic mass is 35.5. The Labute approximate surface area is 162 Å². The average Bonchev–Trinajstić information content (AvgIpc) is 2.79. The van der Waals surface area contributed by atoms with Crippen molar-refractivity contribution in [1.29, 1.82) is 0 Å². The van der Waals surface area contributed by atoms with E-state index in [2.05, 4.69) is 12.2 Å². The highest BCUT2D eigenvalue weighted by Crippen LogP contribution is 2.35. The van der Waals surface area contributed by atoms with Gasteiger partial charge in [-0.05, 0) is 37.8 Å². The van der Waals surface area contributed by atoms with E-state index in [-0.39, 0.29) is 17.5 Å². The lowest BCUT2D eigenvalue weighted by Gasteiger charge is -2.31. The van der Waals surface area contributed by atoms with Crippen LogP contribution < -0.4 is 5.32 Å². The number of likely N-dealkylation sites (tertiary alicyclic amines) is 1. The van der Waals surface area contributed by atoms with Crippen molar-refractivity contribution in [3.05, 3.63) is 33.8 Å². The zero-order chi connectivity index (χ0) is 19.1. The molecule has 2 aliphatic heterocycles. The summed E-state index contributed by atoms with van der Waals surface area (Å²) >= 11 is 12.1. The smallest absolute Gasteiger partial charge is 0.325 e. The molecule has 6 nitrogen and oxygen atoms in total. The molecule has 0 bridgehead atoms. The minimum absolute atomic E-state index is 0.216. The van der Waals surface area contributed by atoms with Gasteiger partial charge in [-0.1, -0.05) is 36.2 Å². The number of hydrogen-bond donors (Lipinski definition) is 1. The number of imide groups is 1. The Morgan fingerprint density at radius 2 is 1.92 bits per heavy atom. The molecule has 2 heterocycles. The number of carbonyl (C=O) groups excluding carboxylic acids is 3. The van der Waals surface area contributed by atoms with E-state index < -0.39 is 17.5 Å². The van der Waals surface area contributed by atoms with Crippen LogP contribution in [-0.2, 0) is 15.1 Å². The molecule has 0 aromatic heterocycles. The molecule has 0 radical (unpaired) electrons. The summed E-state index contributed by atoms with van der Waals surface area (Å²) in [6.07, 6.45) is 1.87. The first-order chi connectivity index (χ1) is 12.2. The highest BCUT2D eigenvalue weighted by molar-refractivity contribution is 6.35. The van der Waals surface area contributed by atoms with E-state index in [0.29, 0.717) is 29.6 Å². The number of urea groups is 1. The summed E-state index contributed by atoms with van der Waals surface area (Å²) in [6, 6.07) is 4.14. The summed E-state index contributed by atoms with van der Waals surface area (Å²) in [7, 11) is 0. The van der Waals surface area contributed by atoms with Gasteiger partial charge < -0.3 is 10.2 Å². The zero-order valence-electron chi connectivity index (χ0n) is 14.7. The number of hydrogen-bond acceptors (Lipinski definition) is 3. The first-order valence-corrected chi connectivity index (χ1v) is 9.35. The van der Waals surface area contributed by atoms with Gasteiger partial charge in [0, 0.05) is 28.7 Å². The van der Waals surface area contributed by atoms with Crippen LogP contribution >= 0.6 is 23.2 Å². The van der Waals surface area contributed by atoms with Crippen LogP contribution in [0.25, 0.3) is 0 Å². The molecule has 140 valence electrons. The molecule has 2 aliphatic rings. The van der Waals surface area contributed by atoms with Crippen LogP contribution in [0.2, 0.25) is 10.0 Å². The molecule has 4 amide bonds. The van der Waals surface area contributed by atoms with Gasteiger partial charge in [-0.2, -0.15) is 0 Å². The minimum Gasteiger partial charge on any atom is -0.341 e. The van der Waals surface area contributed by atoms with Gasteiger partial charge in [-0.25, -0.2) is 4.79 Å². The number of amides is 4. The van der Waals surface area contributed by atoms with E-state index in [9.17, 15) is 14.4 Å². The second-order valence-electron chi connectivity index (χ2n) is 7.13. The lowest BCUT2D eigenvalue weighted by atomic mass is 9.92. The number of piperidine rings is 1. The predicted octanol–water partition coefficient (Wildman–Crippen LogP) is 3.02. The van der Waals surface area contributed by atoms with Gasteiger partial charge in [0.2, 0.25) is 5.91 Å². The van der Waals surface area contributed by atoms with Crippen LogP contribution in [0, 0.1) is 5.92 Å². The SMILES string of the molecule is CC1CCN(C(=O)CN2C(=O)N[C@@](C)(c3ccc(Cl)cc3Cl)C2=O)CC1. The first-order valence-electron chi connectivity index (χ1n) is 8.60. The third kappa shape index (κ3) is 3.40. The maximum absolute atomic E-state index is 12.9. The van der Waals surface area contributed by atoms with E-state index in [1.54, 1.807) is 24.0 Å². The van der Waals surface area contributed by atoms with Crippen LogP contribution in [-0.4, -0.2) is 47.3 Å². The Morgan fingerprint density at radius 3 is 2.54 bits per heavy atom. The van der Waals surface area contributed by atoms with Crippen LogP contribution in [0.4, 0.5) is 4.79 Å². The van der Waals surface area contributed by atoms with Gasteiger partial charge in [0.15, 0.2) is 0 Å². The lowest BCUT2D eigenvalue weighted by Crippen LogP contribution is -2.46. The minimum atomic E-state index is -1.32.